The van der Waals surface area contributed by atoms with Crippen LogP contribution >= 0.6 is 11.6 Å². The minimum absolute atomic E-state index is 0.0473. The number of nitrogens with one attached hydrogen (secondary N) is 1. The first kappa shape index (κ1) is 19.4. The minimum atomic E-state index is -3.56. The Balaban J connectivity index is 2.07. The van der Waals surface area contributed by atoms with E-state index in [0.717, 1.165) is 16.1 Å². The van der Waals surface area contributed by atoms with Crippen molar-refractivity contribution in [3.05, 3.63) is 70.7 Å². The van der Waals surface area contributed by atoms with Gasteiger partial charge in [-0.05, 0) is 24.1 Å². The van der Waals surface area contributed by atoms with E-state index in [1.54, 1.807) is 24.3 Å². The van der Waals surface area contributed by atoms with Crippen LogP contribution in [0, 0.1) is 0 Å². The molecule has 0 radical (unpaired) electrons. The highest BCUT2D eigenvalue weighted by atomic mass is 35.5. The van der Waals surface area contributed by atoms with Crippen LogP contribution in [0.2, 0.25) is 5.02 Å². The number of hydrogen-bond donors (Lipinski definition) is 1. The number of hydrogen-bond acceptors (Lipinski definition) is 3. The summed E-state index contributed by atoms with van der Waals surface area (Å²) in [6.07, 6.45) is 1.08. The Morgan fingerprint density at radius 2 is 1.72 bits per heavy atom. The summed E-state index contributed by atoms with van der Waals surface area (Å²) in [5.41, 5.74) is 1.60. The second-order valence-corrected chi connectivity index (χ2v) is 8.21. The normalized spacial score (nSPS) is 12.8. The lowest BCUT2D eigenvalue weighted by atomic mass is 10.1. The van der Waals surface area contributed by atoms with Crippen molar-refractivity contribution < 1.29 is 13.2 Å². The highest BCUT2D eigenvalue weighted by Gasteiger charge is 2.22. The van der Waals surface area contributed by atoms with Crippen molar-refractivity contribution in [1.82, 2.24) is 9.62 Å². The van der Waals surface area contributed by atoms with E-state index in [1.807, 2.05) is 37.3 Å². The summed E-state index contributed by atoms with van der Waals surface area (Å²) in [6.45, 7) is 1.64. The monoisotopic (exact) mass is 380 g/mol. The molecule has 25 heavy (non-hydrogen) atoms. The smallest absolute Gasteiger partial charge is 0.235 e. The van der Waals surface area contributed by atoms with Crippen molar-refractivity contribution in [1.29, 1.82) is 0 Å². The molecule has 0 unspecified atom stereocenters. The average molecular weight is 381 g/mol. The number of nitrogens with zero attached hydrogens (tertiary/aromatic N) is 1. The molecular weight excluding hydrogens is 360 g/mol. The standard InChI is InChI=1S/C18H21ClN2O3S/c1-14(15-8-4-3-5-9-15)20-18(22)13-21(25(2,23)24)12-16-10-6-7-11-17(16)19/h3-11,14H,12-13H2,1-2H3,(H,20,22)/t14-/m0/s1. The molecule has 1 N–H and O–H groups in total. The molecule has 0 aromatic heterocycles. The van der Waals surface area contributed by atoms with Gasteiger partial charge in [-0.15, -0.1) is 0 Å². The van der Waals surface area contributed by atoms with Gasteiger partial charge in [-0.1, -0.05) is 60.1 Å². The van der Waals surface area contributed by atoms with Gasteiger partial charge in [0.2, 0.25) is 15.9 Å². The maximum absolute atomic E-state index is 12.3. The topological polar surface area (TPSA) is 66.5 Å². The van der Waals surface area contributed by atoms with Crippen LogP contribution in [0.4, 0.5) is 0 Å². The predicted molar refractivity (Wildman–Crippen MR) is 99.7 cm³/mol. The SMILES string of the molecule is C[C@H](NC(=O)CN(Cc1ccccc1Cl)S(C)(=O)=O)c1ccccc1. The molecule has 2 aromatic carbocycles. The predicted octanol–water partition coefficient (Wildman–Crippen LogP) is 2.98. The number of carbonyl (C=O) groups excluding carboxylic acids is 1. The van der Waals surface area contributed by atoms with Crippen LogP contribution in [0.25, 0.3) is 0 Å². The summed E-state index contributed by atoms with van der Waals surface area (Å²) in [6, 6.07) is 16.2. The van der Waals surface area contributed by atoms with Gasteiger partial charge in [-0.3, -0.25) is 4.79 Å². The van der Waals surface area contributed by atoms with Crippen LogP contribution < -0.4 is 5.32 Å². The van der Waals surface area contributed by atoms with E-state index in [1.165, 1.54) is 0 Å². The molecule has 0 heterocycles. The van der Waals surface area contributed by atoms with Gasteiger partial charge < -0.3 is 5.32 Å². The third-order valence-electron chi connectivity index (χ3n) is 3.77. The van der Waals surface area contributed by atoms with Gasteiger partial charge in [0.25, 0.3) is 0 Å². The zero-order valence-electron chi connectivity index (χ0n) is 14.1. The Labute approximate surface area is 153 Å². The minimum Gasteiger partial charge on any atom is -0.348 e. The maximum Gasteiger partial charge on any atom is 0.235 e. The van der Waals surface area contributed by atoms with E-state index in [9.17, 15) is 13.2 Å². The first-order valence-electron chi connectivity index (χ1n) is 7.80. The molecule has 2 aromatic rings. The fourth-order valence-corrected chi connectivity index (χ4v) is 3.30. The van der Waals surface area contributed by atoms with Gasteiger partial charge in [-0.25, -0.2) is 8.42 Å². The average Bonchev–Trinajstić information content (AvgIpc) is 2.56. The molecule has 7 heteroatoms. The van der Waals surface area contributed by atoms with Gasteiger partial charge in [-0.2, -0.15) is 4.31 Å². The lowest BCUT2D eigenvalue weighted by Gasteiger charge is -2.22. The van der Waals surface area contributed by atoms with Crippen molar-refractivity contribution >= 4 is 27.5 Å². The van der Waals surface area contributed by atoms with Crippen molar-refractivity contribution in [2.45, 2.75) is 19.5 Å². The molecule has 0 spiro atoms. The number of carbonyl (C=O) groups is 1. The van der Waals surface area contributed by atoms with Gasteiger partial charge in [0, 0.05) is 11.6 Å². The Morgan fingerprint density at radius 1 is 1.12 bits per heavy atom. The maximum atomic E-state index is 12.3. The van der Waals surface area contributed by atoms with Gasteiger partial charge in [0.05, 0.1) is 18.8 Å². The highest BCUT2D eigenvalue weighted by Crippen LogP contribution is 2.18. The van der Waals surface area contributed by atoms with Crippen LogP contribution in [0.1, 0.15) is 24.1 Å². The molecule has 0 saturated carbocycles. The molecule has 0 aliphatic carbocycles. The fourth-order valence-electron chi connectivity index (χ4n) is 2.38. The Bertz CT molecular complexity index is 825. The molecule has 1 atom stereocenters. The molecule has 0 aliphatic heterocycles. The first-order valence-corrected chi connectivity index (χ1v) is 10.0. The quantitative estimate of drug-likeness (QED) is 0.803. The number of rotatable bonds is 7. The third-order valence-corrected chi connectivity index (χ3v) is 5.34. The van der Waals surface area contributed by atoms with Crippen LogP contribution in [0.5, 0.6) is 0 Å². The zero-order chi connectivity index (χ0) is 18.4. The lowest BCUT2D eigenvalue weighted by molar-refractivity contribution is -0.122. The number of sulfonamides is 1. The van der Waals surface area contributed by atoms with E-state index in [-0.39, 0.29) is 25.0 Å². The van der Waals surface area contributed by atoms with Crippen LogP contribution in [-0.2, 0) is 21.4 Å². The van der Waals surface area contributed by atoms with E-state index in [0.29, 0.717) is 10.6 Å². The second kappa shape index (κ2) is 8.47. The second-order valence-electron chi connectivity index (χ2n) is 5.82. The van der Waals surface area contributed by atoms with Crippen LogP contribution in [0.15, 0.2) is 54.6 Å². The highest BCUT2D eigenvalue weighted by molar-refractivity contribution is 7.88. The molecular formula is C18H21ClN2O3S. The molecule has 1 amide bonds. The fraction of sp³-hybridized carbons (Fsp3) is 0.278. The summed E-state index contributed by atoms with van der Waals surface area (Å²) in [7, 11) is -3.56. The molecule has 0 bridgehead atoms. The molecule has 0 saturated heterocycles. The van der Waals surface area contributed by atoms with Crippen molar-refractivity contribution in [2.75, 3.05) is 12.8 Å². The Kier molecular flexibility index (Phi) is 6.58. The lowest BCUT2D eigenvalue weighted by Crippen LogP contribution is -2.40. The molecule has 0 fully saturated rings. The van der Waals surface area contributed by atoms with Crippen molar-refractivity contribution in [2.24, 2.45) is 0 Å². The summed E-state index contributed by atoms with van der Waals surface area (Å²) in [4.78, 5) is 12.3. The summed E-state index contributed by atoms with van der Waals surface area (Å²) in [5, 5.41) is 3.29. The van der Waals surface area contributed by atoms with Gasteiger partial charge in [0.15, 0.2) is 0 Å². The van der Waals surface area contributed by atoms with Crippen molar-refractivity contribution in [3.63, 3.8) is 0 Å². The van der Waals surface area contributed by atoms with Crippen molar-refractivity contribution in [3.8, 4) is 0 Å². The van der Waals surface area contributed by atoms with E-state index >= 15 is 0 Å². The summed E-state index contributed by atoms with van der Waals surface area (Å²) >= 11 is 6.10. The molecule has 5 nitrogen and oxygen atoms in total. The molecule has 134 valence electrons. The van der Waals surface area contributed by atoms with Crippen LogP contribution in [0.3, 0.4) is 0 Å². The van der Waals surface area contributed by atoms with Gasteiger partial charge in [0.1, 0.15) is 0 Å². The summed E-state index contributed by atoms with van der Waals surface area (Å²) in [5.74, 6) is -0.367. The third kappa shape index (κ3) is 5.85. The number of benzene rings is 2. The largest absolute Gasteiger partial charge is 0.348 e. The Morgan fingerprint density at radius 3 is 2.32 bits per heavy atom. The van der Waals surface area contributed by atoms with E-state index in [2.05, 4.69) is 5.32 Å². The Hall–Kier alpha value is -1.89. The van der Waals surface area contributed by atoms with E-state index in [4.69, 9.17) is 11.6 Å². The van der Waals surface area contributed by atoms with E-state index < -0.39 is 10.0 Å². The number of amides is 1. The summed E-state index contributed by atoms with van der Waals surface area (Å²) < 4.78 is 25.2. The molecule has 2 rings (SSSR count). The first-order chi connectivity index (χ1) is 11.8. The van der Waals surface area contributed by atoms with Crippen LogP contribution in [-0.4, -0.2) is 31.4 Å². The molecule has 0 aliphatic rings. The zero-order valence-corrected chi connectivity index (χ0v) is 15.7. The number of halogens is 1. The van der Waals surface area contributed by atoms with Gasteiger partial charge >= 0.3 is 0 Å².